The zero-order valence-corrected chi connectivity index (χ0v) is 15.6. The second-order valence-electron chi connectivity index (χ2n) is 5.80. The van der Waals surface area contributed by atoms with Crippen LogP contribution in [-0.4, -0.2) is 47.0 Å². The number of methoxy groups -OCH3 is 1. The minimum absolute atomic E-state index is 0.261. The van der Waals surface area contributed by atoms with Gasteiger partial charge in [0, 0.05) is 33.0 Å². The molecule has 0 saturated heterocycles. The molecule has 3 aromatic heterocycles. The first-order valence-corrected chi connectivity index (χ1v) is 8.52. The molecule has 0 aliphatic carbocycles. The smallest absolute Gasteiger partial charge is 0.260 e. The van der Waals surface area contributed by atoms with Gasteiger partial charge in [0.2, 0.25) is 0 Å². The van der Waals surface area contributed by atoms with Gasteiger partial charge < -0.3 is 19.9 Å². The van der Waals surface area contributed by atoms with Crippen LogP contribution in [0, 0.1) is 0 Å². The normalized spacial score (nSPS) is 10.8. The van der Waals surface area contributed by atoms with Gasteiger partial charge in [0.15, 0.2) is 6.29 Å². The molecule has 0 aliphatic heterocycles. The third kappa shape index (κ3) is 4.07. The first kappa shape index (κ1) is 18.8. The van der Waals surface area contributed by atoms with Crippen LogP contribution in [0.25, 0.3) is 11.0 Å². The SMILES string of the molecule is COCCNc1cc(NC(=O)c2cn(C)c3ccc(C=O)nc23)ncc1Cl. The molecule has 0 bridgehead atoms. The van der Waals surface area contributed by atoms with E-state index in [1.165, 1.54) is 6.20 Å². The number of nitrogens with zero attached hydrogens (tertiary/aromatic N) is 3. The number of aryl methyl sites for hydroxylation is 1. The van der Waals surface area contributed by atoms with Gasteiger partial charge in [0.1, 0.15) is 17.0 Å². The van der Waals surface area contributed by atoms with E-state index in [1.54, 1.807) is 43.1 Å². The van der Waals surface area contributed by atoms with Crippen LogP contribution < -0.4 is 10.6 Å². The summed E-state index contributed by atoms with van der Waals surface area (Å²) in [6.45, 7) is 1.08. The quantitative estimate of drug-likeness (QED) is 0.478. The van der Waals surface area contributed by atoms with E-state index in [9.17, 15) is 9.59 Å². The Bertz CT molecular complexity index is 1000. The Labute approximate surface area is 160 Å². The number of pyridine rings is 2. The van der Waals surface area contributed by atoms with Crippen LogP contribution in [0.1, 0.15) is 20.8 Å². The number of hydrogen-bond donors (Lipinski definition) is 2. The number of rotatable bonds is 7. The van der Waals surface area contributed by atoms with Crippen LogP contribution in [0.5, 0.6) is 0 Å². The van der Waals surface area contributed by atoms with Crippen LogP contribution in [0.3, 0.4) is 0 Å². The van der Waals surface area contributed by atoms with Crippen LogP contribution in [-0.2, 0) is 11.8 Å². The molecule has 8 nitrogen and oxygen atoms in total. The third-order valence-electron chi connectivity index (χ3n) is 3.94. The maximum absolute atomic E-state index is 12.7. The minimum atomic E-state index is -0.381. The Morgan fingerprint density at radius 3 is 2.96 bits per heavy atom. The Kier molecular flexibility index (Phi) is 5.68. The number of halogens is 1. The zero-order chi connectivity index (χ0) is 19.4. The molecule has 140 valence electrons. The average Bonchev–Trinajstić information content (AvgIpc) is 3.00. The van der Waals surface area contributed by atoms with Gasteiger partial charge in [-0.15, -0.1) is 0 Å². The average molecular weight is 388 g/mol. The van der Waals surface area contributed by atoms with Crippen molar-refractivity contribution in [1.82, 2.24) is 14.5 Å². The summed E-state index contributed by atoms with van der Waals surface area (Å²) >= 11 is 6.12. The van der Waals surface area contributed by atoms with Crippen molar-refractivity contribution in [3.8, 4) is 0 Å². The molecular formula is C18H18ClN5O3. The summed E-state index contributed by atoms with van der Waals surface area (Å²) in [7, 11) is 3.41. The number of hydrogen-bond acceptors (Lipinski definition) is 6. The molecule has 0 unspecified atom stereocenters. The lowest BCUT2D eigenvalue weighted by Crippen LogP contribution is -2.14. The molecule has 2 N–H and O–H groups in total. The van der Waals surface area contributed by atoms with E-state index >= 15 is 0 Å². The number of aromatic nitrogens is 3. The first-order valence-electron chi connectivity index (χ1n) is 8.14. The molecule has 3 aromatic rings. The topological polar surface area (TPSA) is 98.1 Å². The van der Waals surface area contributed by atoms with E-state index in [0.717, 1.165) is 5.52 Å². The lowest BCUT2D eigenvalue weighted by atomic mass is 10.2. The van der Waals surface area contributed by atoms with E-state index in [0.29, 0.717) is 47.0 Å². The molecule has 0 aliphatic rings. The first-order chi connectivity index (χ1) is 13.0. The predicted octanol–water partition coefficient (Wildman–Crippen LogP) is 2.74. The summed E-state index contributed by atoms with van der Waals surface area (Å²) in [5.41, 5.74) is 2.45. The van der Waals surface area contributed by atoms with Crippen molar-refractivity contribution in [1.29, 1.82) is 0 Å². The number of aldehydes is 1. The summed E-state index contributed by atoms with van der Waals surface area (Å²) in [6, 6.07) is 5.00. The number of nitrogens with one attached hydrogen (secondary N) is 2. The Morgan fingerprint density at radius 1 is 1.41 bits per heavy atom. The van der Waals surface area contributed by atoms with Crippen molar-refractivity contribution in [2.75, 3.05) is 30.9 Å². The zero-order valence-electron chi connectivity index (χ0n) is 14.8. The number of carbonyl (C=O) groups excluding carboxylic acids is 2. The minimum Gasteiger partial charge on any atom is -0.383 e. The highest BCUT2D eigenvalue weighted by Gasteiger charge is 2.17. The molecule has 0 saturated carbocycles. The molecule has 0 atom stereocenters. The largest absolute Gasteiger partial charge is 0.383 e. The lowest BCUT2D eigenvalue weighted by molar-refractivity contribution is 0.102. The van der Waals surface area contributed by atoms with Gasteiger partial charge in [0.05, 0.1) is 34.6 Å². The molecule has 9 heteroatoms. The van der Waals surface area contributed by atoms with E-state index in [4.69, 9.17) is 16.3 Å². The lowest BCUT2D eigenvalue weighted by Gasteiger charge is -2.10. The van der Waals surface area contributed by atoms with Gasteiger partial charge in [-0.05, 0) is 12.1 Å². The van der Waals surface area contributed by atoms with Gasteiger partial charge in [-0.1, -0.05) is 11.6 Å². The second kappa shape index (κ2) is 8.15. The van der Waals surface area contributed by atoms with E-state index in [-0.39, 0.29) is 11.6 Å². The Morgan fingerprint density at radius 2 is 2.22 bits per heavy atom. The Hall–Kier alpha value is -2.97. The molecule has 27 heavy (non-hydrogen) atoms. The van der Waals surface area contributed by atoms with Crippen molar-refractivity contribution in [2.24, 2.45) is 7.05 Å². The van der Waals surface area contributed by atoms with Crippen LogP contribution in [0.4, 0.5) is 11.5 Å². The molecule has 0 radical (unpaired) electrons. The highest BCUT2D eigenvalue weighted by Crippen LogP contribution is 2.24. The fourth-order valence-corrected chi connectivity index (χ4v) is 2.79. The van der Waals surface area contributed by atoms with Gasteiger partial charge >= 0.3 is 0 Å². The molecule has 0 aromatic carbocycles. The fraction of sp³-hybridized carbons (Fsp3) is 0.222. The summed E-state index contributed by atoms with van der Waals surface area (Å²) in [6.07, 6.45) is 3.76. The van der Waals surface area contributed by atoms with Crippen molar-refractivity contribution in [3.63, 3.8) is 0 Å². The van der Waals surface area contributed by atoms with Crippen molar-refractivity contribution < 1.29 is 14.3 Å². The highest BCUT2D eigenvalue weighted by atomic mass is 35.5. The van der Waals surface area contributed by atoms with E-state index < -0.39 is 0 Å². The maximum atomic E-state index is 12.7. The van der Waals surface area contributed by atoms with Crippen molar-refractivity contribution in [2.45, 2.75) is 0 Å². The standard InChI is InChI=1S/C18H18ClN5O3/c1-24-9-12(17-15(24)4-3-11(10-25)22-17)18(26)23-16-7-14(13(19)8-21-16)20-5-6-27-2/h3-4,7-10H,5-6H2,1-2H3,(H2,20,21,23,26). The van der Waals surface area contributed by atoms with Crippen LogP contribution >= 0.6 is 11.6 Å². The number of amides is 1. The van der Waals surface area contributed by atoms with Gasteiger partial charge in [0.25, 0.3) is 5.91 Å². The number of carbonyl (C=O) groups is 2. The number of ether oxygens (including phenoxy) is 1. The monoisotopic (exact) mass is 387 g/mol. The van der Waals surface area contributed by atoms with E-state index in [1.807, 2.05) is 0 Å². The predicted molar refractivity (Wildman–Crippen MR) is 104 cm³/mol. The summed E-state index contributed by atoms with van der Waals surface area (Å²) in [4.78, 5) is 32.1. The summed E-state index contributed by atoms with van der Waals surface area (Å²) in [5.74, 6) is -0.0401. The van der Waals surface area contributed by atoms with Crippen molar-refractivity contribution >= 4 is 46.3 Å². The summed E-state index contributed by atoms with van der Waals surface area (Å²) in [5, 5.41) is 6.29. The maximum Gasteiger partial charge on any atom is 0.260 e. The number of anilines is 2. The third-order valence-corrected chi connectivity index (χ3v) is 4.24. The molecule has 3 heterocycles. The van der Waals surface area contributed by atoms with Gasteiger partial charge in [-0.2, -0.15) is 0 Å². The highest BCUT2D eigenvalue weighted by molar-refractivity contribution is 6.33. The fourth-order valence-electron chi connectivity index (χ4n) is 2.62. The molecule has 0 spiro atoms. The molecular weight excluding hydrogens is 370 g/mol. The van der Waals surface area contributed by atoms with Gasteiger partial charge in [-0.25, -0.2) is 9.97 Å². The molecule has 3 rings (SSSR count). The van der Waals surface area contributed by atoms with Crippen LogP contribution in [0.2, 0.25) is 5.02 Å². The molecule has 1 amide bonds. The van der Waals surface area contributed by atoms with E-state index in [2.05, 4.69) is 20.6 Å². The van der Waals surface area contributed by atoms with Crippen molar-refractivity contribution in [3.05, 3.63) is 46.9 Å². The molecule has 0 fully saturated rings. The second-order valence-corrected chi connectivity index (χ2v) is 6.21. The van der Waals surface area contributed by atoms with Gasteiger partial charge in [-0.3, -0.25) is 9.59 Å². The Balaban J connectivity index is 1.86. The van der Waals surface area contributed by atoms with Crippen LogP contribution in [0.15, 0.2) is 30.6 Å². The summed E-state index contributed by atoms with van der Waals surface area (Å²) < 4.78 is 6.77. The number of fused-ring (bicyclic) bond motifs is 1.